The Morgan fingerprint density at radius 3 is 2.62 bits per heavy atom. The highest BCUT2D eigenvalue weighted by Crippen LogP contribution is 2.45. The first-order chi connectivity index (χ1) is 14.0. The second-order valence-corrected chi connectivity index (χ2v) is 8.00. The van der Waals surface area contributed by atoms with Crippen molar-refractivity contribution in [1.82, 2.24) is 8.94 Å². The monoisotopic (exact) mass is 411 g/mol. The second-order valence-electron chi connectivity index (χ2n) is 7.21. The molecule has 4 aromatic rings. The molecule has 2 aromatic heterocycles. The number of rotatable bonds is 4. The number of H-pyrrole nitrogens is 1. The standard InChI is InChI=1S/C21H18FN3O3S/c1-28-19-15(11-4-2-10(9-23)3-5-11)14(22)8-13-17(19)25(12-6-7-12)21-16(18(13)26)20(27)24-29-21/h2-5,8,12H,6-7,9,23H2,1H3,(H,24,27). The van der Waals surface area contributed by atoms with Gasteiger partial charge in [-0.15, -0.1) is 0 Å². The summed E-state index contributed by atoms with van der Waals surface area (Å²) in [6.07, 6.45) is 1.86. The van der Waals surface area contributed by atoms with Crippen molar-refractivity contribution < 1.29 is 9.13 Å². The molecule has 1 saturated carbocycles. The average molecular weight is 411 g/mol. The van der Waals surface area contributed by atoms with Gasteiger partial charge in [0.1, 0.15) is 16.0 Å². The number of nitrogens with one attached hydrogen (secondary N) is 1. The molecule has 2 heterocycles. The molecular formula is C21H18FN3O3S. The van der Waals surface area contributed by atoms with Gasteiger partial charge in [-0.25, -0.2) is 4.39 Å². The van der Waals surface area contributed by atoms with E-state index in [1.54, 1.807) is 12.1 Å². The topological polar surface area (TPSA) is 90.1 Å². The fourth-order valence-corrected chi connectivity index (χ4v) is 4.80. The van der Waals surface area contributed by atoms with Gasteiger partial charge in [0.15, 0.2) is 5.75 Å². The maximum absolute atomic E-state index is 15.3. The summed E-state index contributed by atoms with van der Waals surface area (Å²) in [6, 6.07) is 8.64. The number of hydrogen-bond acceptors (Lipinski definition) is 5. The Labute approximate surface area is 168 Å². The Bertz CT molecular complexity index is 1380. The SMILES string of the molecule is COc1c(-c2ccc(CN)cc2)c(F)cc2c(=O)c3c(=O)[nH]sc3n(C3CC3)c12. The quantitative estimate of drug-likeness (QED) is 0.538. The van der Waals surface area contributed by atoms with Gasteiger partial charge < -0.3 is 15.0 Å². The molecule has 3 N–H and O–H groups in total. The Morgan fingerprint density at radius 1 is 1.28 bits per heavy atom. The number of halogens is 1. The molecule has 0 amide bonds. The lowest BCUT2D eigenvalue weighted by Gasteiger charge is -2.18. The molecular weight excluding hydrogens is 393 g/mol. The van der Waals surface area contributed by atoms with E-state index >= 15 is 4.39 Å². The molecule has 0 aliphatic heterocycles. The zero-order valence-corrected chi connectivity index (χ0v) is 16.4. The minimum absolute atomic E-state index is 0.0795. The number of aromatic nitrogens is 2. The summed E-state index contributed by atoms with van der Waals surface area (Å²) in [4.78, 5) is 25.9. The Kier molecular flexibility index (Phi) is 4.07. The van der Waals surface area contributed by atoms with Crippen molar-refractivity contribution in [3.8, 4) is 16.9 Å². The van der Waals surface area contributed by atoms with Crippen molar-refractivity contribution in [2.45, 2.75) is 25.4 Å². The first-order valence-electron chi connectivity index (χ1n) is 9.30. The van der Waals surface area contributed by atoms with E-state index in [0.717, 1.165) is 29.9 Å². The maximum Gasteiger partial charge on any atom is 0.271 e. The molecule has 1 aliphatic rings. The summed E-state index contributed by atoms with van der Waals surface area (Å²) in [5, 5.41) is 0.237. The Hall–Kier alpha value is -2.97. The van der Waals surface area contributed by atoms with Gasteiger partial charge in [-0.3, -0.25) is 14.0 Å². The van der Waals surface area contributed by atoms with Crippen molar-refractivity contribution in [3.05, 3.63) is 62.3 Å². The number of nitrogens with two attached hydrogens (primary N) is 1. The van der Waals surface area contributed by atoms with Gasteiger partial charge in [0.25, 0.3) is 5.56 Å². The van der Waals surface area contributed by atoms with E-state index in [1.807, 2.05) is 16.7 Å². The van der Waals surface area contributed by atoms with Crippen molar-refractivity contribution in [2.75, 3.05) is 7.11 Å². The second kappa shape index (κ2) is 6.53. The number of fused-ring (bicyclic) bond motifs is 2. The van der Waals surface area contributed by atoms with E-state index in [-0.39, 0.29) is 16.8 Å². The molecule has 8 heteroatoms. The van der Waals surface area contributed by atoms with Crippen LogP contribution >= 0.6 is 11.5 Å². The predicted molar refractivity (Wildman–Crippen MR) is 112 cm³/mol. The van der Waals surface area contributed by atoms with Crippen molar-refractivity contribution in [1.29, 1.82) is 0 Å². The van der Waals surface area contributed by atoms with Gasteiger partial charge in [0, 0.05) is 12.6 Å². The molecule has 1 fully saturated rings. The van der Waals surface area contributed by atoms with Crippen LogP contribution in [0.15, 0.2) is 39.9 Å². The summed E-state index contributed by atoms with van der Waals surface area (Å²) in [5.41, 5.74) is 7.14. The predicted octanol–water partition coefficient (Wildman–Crippen LogP) is 3.51. The van der Waals surface area contributed by atoms with Gasteiger partial charge in [0.2, 0.25) is 5.43 Å². The molecule has 6 nitrogen and oxygen atoms in total. The molecule has 0 bridgehead atoms. The fraction of sp³-hybridized carbons (Fsp3) is 0.238. The van der Waals surface area contributed by atoms with Gasteiger partial charge in [-0.05, 0) is 41.6 Å². The molecule has 0 unspecified atom stereocenters. The molecule has 0 saturated heterocycles. The minimum Gasteiger partial charge on any atom is -0.494 e. The summed E-state index contributed by atoms with van der Waals surface area (Å²) in [7, 11) is 1.47. The van der Waals surface area contributed by atoms with Crippen molar-refractivity contribution in [3.63, 3.8) is 0 Å². The fourth-order valence-electron chi connectivity index (χ4n) is 3.88. The van der Waals surface area contributed by atoms with E-state index in [9.17, 15) is 9.59 Å². The first-order valence-corrected chi connectivity index (χ1v) is 10.1. The van der Waals surface area contributed by atoms with E-state index in [0.29, 0.717) is 33.8 Å². The normalized spacial score (nSPS) is 14.0. The molecule has 2 aromatic carbocycles. The van der Waals surface area contributed by atoms with Gasteiger partial charge >= 0.3 is 0 Å². The molecule has 29 heavy (non-hydrogen) atoms. The van der Waals surface area contributed by atoms with Gasteiger partial charge in [-0.2, -0.15) is 0 Å². The highest BCUT2D eigenvalue weighted by molar-refractivity contribution is 7.12. The molecule has 1 aliphatic carbocycles. The highest BCUT2D eigenvalue weighted by Gasteiger charge is 2.31. The first kappa shape index (κ1) is 18.1. The smallest absolute Gasteiger partial charge is 0.271 e. The largest absolute Gasteiger partial charge is 0.494 e. The lowest BCUT2D eigenvalue weighted by Crippen LogP contribution is -2.16. The number of aromatic amines is 1. The maximum atomic E-state index is 15.3. The minimum atomic E-state index is -0.569. The average Bonchev–Trinajstić information content (AvgIpc) is 3.50. The molecule has 0 spiro atoms. The van der Waals surface area contributed by atoms with Crippen LogP contribution in [0, 0.1) is 5.82 Å². The van der Waals surface area contributed by atoms with E-state index < -0.39 is 16.8 Å². The summed E-state index contributed by atoms with van der Waals surface area (Å²) in [6.45, 7) is 0.392. The number of pyridine rings is 1. The van der Waals surface area contributed by atoms with E-state index in [1.165, 1.54) is 13.2 Å². The summed E-state index contributed by atoms with van der Waals surface area (Å²) in [5.74, 6) is -0.271. The molecule has 148 valence electrons. The van der Waals surface area contributed by atoms with Crippen LogP contribution in [0.1, 0.15) is 24.4 Å². The molecule has 0 atom stereocenters. The van der Waals surface area contributed by atoms with Crippen LogP contribution in [0.3, 0.4) is 0 Å². The molecule has 0 radical (unpaired) electrons. The van der Waals surface area contributed by atoms with Crippen LogP contribution in [0.4, 0.5) is 4.39 Å². The Balaban J connectivity index is 1.95. The summed E-state index contributed by atoms with van der Waals surface area (Å²) < 4.78 is 25.5. The number of benzene rings is 2. The number of ether oxygens (including phenoxy) is 1. The van der Waals surface area contributed by atoms with Crippen LogP contribution in [0.25, 0.3) is 32.2 Å². The van der Waals surface area contributed by atoms with Crippen LogP contribution in [0.2, 0.25) is 0 Å². The number of methoxy groups -OCH3 is 1. The highest BCUT2D eigenvalue weighted by atomic mass is 32.1. The lowest BCUT2D eigenvalue weighted by atomic mass is 9.99. The number of nitrogens with zero attached hydrogens (tertiary/aromatic N) is 1. The summed E-state index contributed by atoms with van der Waals surface area (Å²) >= 11 is 1.13. The zero-order valence-electron chi connectivity index (χ0n) is 15.6. The number of hydrogen-bond donors (Lipinski definition) is 2. The molecule has 5 rings (SSSR count). The van der Waals surface area contributed by atoms with Crippen LogP contribution in [-0.4, -0.2) is 16.1 Å². The van der Waals surface area contributed by atoms with Crippen LogP contribution < -0.4 is 21.5 Å². The van der Waals surface area contributed by atoms with Crippen LogP contribution in [-0.2, 0) is 6.54 Å². The van der Waals surface area contributed by atoms with Gasteiger partial charge in [-0.1, -0.05) is 24.3 Å². The zero-order chi connectivity index (χ0) is 20.3. The van der Waals surface area contributed by atoms with Crippen molar-refractivity contribution in [2.24, 2.45) is 5.73 Å². The van der Waals surface area contributed by atoms with E-state index in [4.69, 9.17) is 10.5 Å². The van der Waals surface area contributed by atoms with Gasteiger partial charge in [0.05, 0.1) is 23.6 Å². The third-order valence-corrected chi connectivity index (χ3v) is 6.30. The third kappa shape index (κ3) is 2.63. The lowest BCUT2D eigenvalue weighted by molar-refractivity contribution is 0.416. The van der Waals surface area contributed by atoms with E-state index in [2.05, 4.69) is 4.37 Å². The third-order valence-electron chi connectivity index (χ3n) is 5.41. The Morgan fingerprint density at radius 2 is 2.00 bits per heavy atom. The van der Waals surface area contributed by atoms with Crippen molar-refractivity contribution >= 4 is 32.7 Å². The van der Waals surface area contributed by atoms with Crippen LogP contribution in [0.5, 0.6) is 5.75 Å².